The van der Waals surface area contributed by atoms with Crippen LogP contribution in [0.3, 0.4) is 0 Å². The van der Waals surface area contributed by atoms with Gasteiger partial charge in [0.1, 0.15) is 0 Å². The molecule has 0 bridgehead atoms. The Morgan fingerprint density at radius 2 is 2.00 bits per heavy atom. The van der Waals surface area contributed by atoms with Gasteiger partial charge in [0.15, 0.2) is 0 Å². The summed E-state index contributed by atoms with van der Waals surface area (Å²) in [5.74, 6) is 0.857. The van der Waals surface area contributed by atoms with Gasteiger partial charge in [0, 0.05) is 18.6 Å². The first-order valence-electron chi connectivity index (χ1n) is 6.24. The van der Waals surface area contributed by atoms with Gasteiger partial charge in [-0.3, -0.25) is 0 Å². The van der Waals surface area contributed by atoms with Crippen molar-refractivity contribution in [2.45, 2.75) is 25.7 Å². The lowest BCUT2D eigenvalue weighted by Crippen LogP contribution is -2.37. The van der Waals surface area contributed by atoms with E-state index >= 15 is 0 Å². The minimum absolute atomic E-state index is 0.269. The average Bonchev–Trinajstić information content (AvgIpc) is 3.02. The molecule has 1 heterocycles. The summed E-state index contributed by atoms with van der Waals surface area (Å²) >= 11 is 0. The Bertz CT molecular complexity index is 196. The van der Waals surface area contributed by atoms with Crippen LogP contribution in [0.4, 0.5) is 0 Å². The van der Waals surface area contributed by atoms with Crippen molar-refractivity contribution < 1.29 is 5.11 Å². The molecule has 0 aromatic carbocycles. The Labute approximate surface area is 92.8 Å². The second-order valence-corrected chi connectivity index (χ2v) is 5.54. The number of likely N-dealkylation sites (tertiary alicyclic amines) is 1. The standard InChI is InChI=1S/C12H24N2O/c1-14-6-2-11(3-7-14)8-13-9-12(10-15)4-5-12/h11,13,15H,2-10H2,1H3. The Hall–Kier alpha value is -0.120. The van der Waals surface area contributed by atoms with E-state index in [4.69, 9.17) is 0 Å². The molecule has 1 saturated heterocycles. The summed E-state index contributed by atoms with van der Waals surface area (Å²) < 4.78 is 0. The molecule has 2 rings (SSSR count). The van der Waals surface area contributed by atoms with E-state index in [-0.39, 0.29) is 5.41 Å². The van der Waals surface area contributed by atoms with Crippen LogP contribution in [0.2, 0.25) is 0 Å². The summed E-state index contributed by atoms with van der Waals surface area (Å²) in [5.41, 5.74) is 0.269. The summed E-state index contributed by atoms with van der Waals surface area (Å²) in [4.78, 5) is 2.41. The first-order chi connectivity index (χ1) is 7.24. The summed E-state index contributed by atoms with van der Waals surface area (Å²) in [6.07, 6.45) is 5.08. The molecule has 0 atom stereocenters. The van der Waals surface area contributed by atoms with Crippen LogP contribution in [0.5, 0.6) is 0 Å². The third kappa shape index (κ3) is 3.16. The molecule has 1 aliphatic heterocycles. The van der Waals surface area contributed by atoms with Crippen LogP contribution in [0.25, 0.3) is 0 Å². The highest BCUT2D eigenvalue weighted by molar-refractivity contribution is 4.94. The fourth-order valence-corrected chi connectivity index (χ4v) is 2.38. The normalized spacial score (nSPS) is 26.8. The van der Waals surface area contributed by atoms with Crippen LogP contribution in [-0.4, -0.2) is 49.8 Å². The van der Waals surface area contributed by atoms with Gasteiger partial charge in [-0.25, -0.2) is 0 Å². The maximum atomic E-state index is 9.18. The summed E-state index contributed by atoms with van der Waals surface area (Å²) in [7, 11) is 2.20. The van der Waals surface area contributed by atoms with Gasteiger partial charge in [-0.2, -0.15) is 0 Å². The highest BCUT2D eigenvalue weighted by Gasteiger charge is 2.41. The summed E-state index contributed by atoms with van der Waals surface area (Å²) in [5, 5.41) is 12.7. The summed E-state index contributed by atoms with van der Waals surface area (Å²) in [6, 6.07) is 0. The molecular weight excluding hydrogens is 188 g/mol. The second kappa shape index (κ2) is 4.81. The molecule has 0 spiro atoms. The fraction of sp³-hybridized carbons (Fsp3) is 1.00. The van der Waals surface area contributed by atoms with Gasteiger partial charge < -0.3 is 15.3 Å². The highest BCUT2D eigenvalue weighted by atomic mass is 16.3. The predicted octanol–water partition coefficient (Wildman–Crippen LogP) is 0.690. The third-order valence-corrected chi connectivity index (χ3v) is 4.06. The van der Waals surface area contributed by atoms with E-state index in [0.29, 0.717) is 6.61 Å². The maximum Gasteiger partial charge on any atom is 0.0499 e. The van der Waals surface area contributed by atoms with Crippen molar-refractivity contribution in [3.05, 3.63) is 0 Å². The molecule has 1 aliphatic carbocycles. The average molecular weight is 212 g/mol. The Morgan fingerprint density at radius 1 is 1.33 bits per heavy atom. The third-order valence-electron chi connectivity index (χ3n) is 4.06. The van der Waals surface area contributed by atoms with E-state index in [0.717, 1.165) is 19.0 Å². The molecule has 15 heavy (non-hydrogen) atoms. The monoisotopic (exact) mass is 212 g/mol. The van der Waals surface area contributed by atoms with E-state index in [1.165, 1.54) is 38.8 Å². The topological polar surface area (TPSA) is 35.5 Å². The van der Waals surface area contributed by atoms with Crippen molar-refractivity contribution in [1.82, 2.24) is 10.2 Å². The van der Waals surface area contributed by atoms with Crippen molar-refractivity contribution in [2.24, 2.45) is 11.3 Å². The molecule has 0 amide bonds. The highest BCUT2D eigenvalue weighted by Crippen LogP contribution is 2.44. The fourth-order valence-electron chi connectivity index (χ4n) is 2.38. The lowest BCUT2D eigenvalue weighted by molar-refractivity contribution is 0.192. The molecule has 0 radical (unpaired) electrons. The first-order valence-corrected chi connectivity index (χ1v) is 6.24. The van der Waals surface area contributed by atoms with Gasteiger partial charge in [0.25, 0.3) is 0 Å². The molecule has 2 fully saturated rings. The molecule has 3 nitrogen and oxygen atoms in total. The first kappa shape index (κ1) is 11.4. The van der Waals surface area contributed by atoms with E-state index in [1.54, 1.807) is 0 Å². The number of nitrogens with one attached hydrogen (secondary N) is 1. The maximum absolute atomic E-state index is 9.18. The zero-order valence-corrected chi connectivity index (χ0v) is 9.84. The smallest absolute Gasteiger partial charge is 0.0499 e. The molecule has 2 N–H and O–H groups in total. The van der Waals surface area contributed by atoms with E-state index in [1.807, 2.05) is 0 Å². The molecule has 2 aliphatic rings. The second-order valence-electron chi connectivity index (χ2n) is 5.54. The Balaban J connectivity index is 1.58. The van der Waals surface area contributed by atoms with Crippen molar-refractivity contribution in [1.29, 1.82) is 0 Å². The molecule has 88 valence electrons. The van der Waals surface area contributed by atoms with Gasteiger partial charge in [-0.05, 0) is 58.3 Å². The van der Waals surface area contributed by atoms with Crippen LogP contribution in [0, 0.1) is 11.3 Å². The minimum Gasteiger partial charge on any atom is -0.396 e. The predicted molar refractivity (Wildman–Crippen MR) is 61.8 cm³/mol. The van der Waals surface area contributed by atoms with Gasteiger partial charge in [0.2, 0.25) is 0 Å². The Morgan fingerprint density at radius 3 is 2.53 bits per heavy atom. The van der Waals surface area contributed by atoms with Crippen LogP contribution in [0.15, 0.2) is 0 Å². The van der Waals surface area contributed by atoms with Crippen LogP contribution in [0.1, 0.15) is 25.7 Å². The largest absolute Gasteiger partial charge is 0.396 e. The van der Waals surface area contributed by atoms with Gasteiger partial charge in [-0.15, -0.1) is 0 Å². The Kier molecular flexibility index (Phi) is 3.65. The van der Waals surface area contributed by atoms with Gasteiger partial charge in [-0.1, -0.05) is 0 Å². The molecule has 3 heteroatoms. The van der Waals surface area contributed by atoms with Crippen molar-refractivity contribution >= 4 is 0 Å². The molecule has 0 aromatic rings. The van der Waals surface area contributed by atoms with E-state index in [2.05, 4.69) is 17.3 Å². The molecule has 0 aromatic heterocycles. The van der Waals surface area contributed by atoms with Crippen LogP contribution in [-0.2, 0) is 0 Å². The van der Waals surface area contributed by atoms with E-state index in [9.17, 15) is 5.11 Å². The number of piperidine rings is 1. The molecule has 1 saturated carbocycles. The number of rotatable bonds is 5. The zero-order valence-electron chi connectivity index (χ0n) is 9.84. The SMILES string of the molecule is CN1CCC(CNCC2(CO)CC2)CC1. The number of hydrogen-bond acceptors (Lipinski definition) is 3. The van der Waals surface area contributed by atoms with Crippen molar-refractivity contribution in [3.63, 3.8) is 0 Å². The lowest BCUT2D eigenvalue weighted by Gasteiger charge is -2.29. The zero-order chi connectivity index (χ0) is 10.7. The molecular formula is C12H24N2O. The number of hydrogen-bond donors (Lipinski definition) is 2. The van der Waals surface area contributed by atoms with Gasteiger partial charge in [0.05, 0.1) is 0 Å². The quantitative estimate of drug-likeness (QED) is 0.704. The number of aliphatic hydroxyl groups excluding tert-OH is 1. The van der Waals surface area contributed by atoms with Crippen LogP contribution < -0.4 is 5.32 Å². The summed E-state index contributed by atoms with van der Waals surface area (Å²) in [6.45, 7) is 5.04. The van der Waals surface area contributed by atoms with Crippen LogP contribution >= 0.6 is 0 Å². The number of nitrogens with zero attached hydrogens (tertiary/aromatic N) is 1. The van der Waals surface area contributed by atoms with Gasteiger partial charge >= 0.3 is 0 Å². The van der Waals surface area contributed by atoms with E-state index < -0.39 is 0 Å². The lowest BCUT2D eigenvalue weighted by atomic mass is 9.97. The number of aliphatic hydroxyl groups is 1. The van der Waals surface area contributed by atoms with Crippen molar-refractivity contribution in [2.75, 3.05) is 39.8 Å². The minimum atomic E-state index is 0.269. The van der Waals surface area contributed by atoms with Crippen molar-refractivity contribution in [3.8, 4) is 0 Å². The molecule has 0 unspecified atom stereocenters.